The molecule has 2 aliphatic rings. The number of rotatable bonds is 2. The van der Waals surface area contributed by atoms with Crippen molar-refractivity contribution in [1.82, 2.24) is 14.9 Å². The average Bonchev–Trinajstić information content (AvgIpc) is 3.06. The van der Waals surface area contributed by atoms with E-state index in [0.717, 1.165) is 36.2 Å². The Labute approximate surface area is 134 Å². The summed E-state index contributed by atoms with van der Waals surface area (Å²) >= 11 is 0. The lowest BCUT2D eigenvalue weighted by atomic mass is 9.97. The molecule has 1 N–H and O–H groups in total. The zero-order valence-electron chi connectivity index (χ0n) is 13.0. The van der Waals surface area contributed by atoms with Crippen LogP contribution in [0.4, 0.5) is 0 Å². The number of piperidine rings is 1. The molecule has 2 fully saturated rings. The van der Waals surface area contributed by atoms with Crippen molar-refractivity contribution in [2.45, 2.75) is 24.9 Å². The Bertz CT molecular complexity index is 660. The number of nitrogens with one attached hydrogen (secondary N) is 1. The number of hydrogen-bond donors (Lipinski definition) is 1. The van der Waals surface area contributed by atoms with Gasteiger partial charge in [-0.1, -0.05) is 12.1 Å². The molecule has 2 aromatic rings. The first-order valence-corrected chi connectivity index (χ1v) is 8.24. The number of ether oxygens (including phenoxy) is 2. The van der Waals surface area contributed by atoms with Crippen molar-refractivity contribution in [3.05, 3.63) is 30.1 Å². The van der Waals surface area contributed by atoms with E-state index in [1.165, 1.54) is 0 Å². The first-order valence-electron chi connectivity index (χ1n) is 8.24. The van der Waals surface area contributed by atoms with E-state index in [1.54, 1.807) is 0 Å². The number of aromatic nitrogens is 2. The van der Waals surface area contributed by atoms with Crippen LogP contribution in [0.2, 0.25) is 0 Å². The fourth-order valence-electron chi connectivity index (χ4n) is 3.40. The van der Waals surface area contributed by atoms with Crippen LogP contribution in [-0.2, 0) is 14.3 Å². The second kappa shape index (κ2) is 6.29. The molecule has 0 aliphatic carbocycles. The van der Waals surface area contributed by atoms with Crippen LogP contribution in [-0.4, -0.2) is 59.8 Å². The second-order valence-corrected chi connectivity index (χ2v) is 6.20. The van der Waals surface area contributed by atoms with E-state index in [0.29, 0.717) is 26.4 Å². The highest BCUT2D eigenvalue weighted by Gasteiger charge is 2.32. The van der Waals surface area contributed by atoms with Crippen molar-refractivity contribution in [1.29, 1.82) is 0 Å². The summed E-state index contributed by atoms with van der Waals surface area (Å²) in [6.45, 7) is 2.92. The molecule has 1 aromatic carbocycles. The van der Waals surface area contributed by atoms with Crippen molar-refractivity contribution in [2.24, 2.45) is 0 Å². The number of hydrogen-bond acceptors (Lipinski definition) is 4. The first-order chi connectivity index (χ1) is 11.3. The molecule has 6 nitrogen and oxygen atoms in total. The van der Waals surface area contributed by atoms with Crippen LogP contribution in [0.5, 0.6) is 0 Å². The average molecular weight is 315 g/mol. The van der Waals surface area contributed by atoms with E-state index in [4.69, 9.17) is 14.5 Å². The summed E-state index contributed by atoms with van der Waals surface area (Å²) < 4.78 is 10.9. The predicted molar refractivity (Wildman–Crippen MR) is 85.2 cm³/mol. The quantitative estimate of drug-likeness (QED) is 0.915. The number of para-hydroxylation sites is 2. The number of likely N-dealkylation sites (tertiary alicyclic amines) is 1. The van der Waals surface area contributed by atoms with Gasteiger partial charge in [-0.2, -0.15) is 0 Å². The molecule has 6 heteroatoms. The number of nitrogens with zero attached hydrogens (tertiary/aromatic N) is 2. The smallest absolute Gasteiger partial charge is 0.254 e. The number of fused-ring (bicyclic) bond motifs is 1. The molecule has 0 spiro atoms. The lowest BCUT2D eigenvalue weighted by molar-refractivity contribution is -0.159. The van der Waals surface area contributed by atoms with Gasteiger partial charge in [-0.05, 0) is 25.0 Å². The normalized spacial score (nSPS) is 25.7. The van der Waals surface area contributed by atoms with Crippen LogP contribution < -0.4 is 0 Å². The Hall–Kier alpha value is -1.92. The highest BCUT2D eigenvalue weighted by molar-refractivity contribution is 5.81. The van der Waals surface area contributed by atoms with Crippen LogP contribution in [0.25, 0.3) is 11.0 Å². The zero-order chi connectivity index (χ0) is 15.6. The Morgan fingerprint density at radius 2 is 2.22 bits per heavy atom. The molecular formula is C17H21N3O3. The number of amides is 1. The van der Waals surface area contributed by atoms with Gasteiger partial charge in [-0.15, -0.1) is 0 Å². The summed E-state index contributed by atoms with van der Waals surface area (Å²) in [5, 5.41) is 0. The van der Waals surface area contributed by atoms with Crippen molar-refractivity contribution < 1.29 is 14.3 Å². The van der Waals surface area contributed by atoms with Gasteiger partial charge in [0.05, 0.1) is 30.9 Å². The third-order valence-electron chi connectivity index (χ3n) is 4.62. The minimum absolute atomic E-state index is 0.0468. The highest BCUT2D eigenvalue weighted by atomic mass is 16.6. The van der Waals surface area contributed by atoms with Crippen LogP contribution in [0.15, 0.2) is 24.3 Å². The molecule has 1 aromatic heterocycles. The van der Waals surface area contributed by atoms with Crippen LogP contribution in [0.3, 0.4) is 0 Å². The number of imidazole rings is 1. The molecule has 0 saturated carbocycles. The molecule has 3 heterocycles. The van der Waals surface area contributed by atoms with E-state index in [-0.39, 0.29) is 11.8 Å². The summed E-state index contributed by atoms with van der Waals surface area (Å²) in [7, 11) is 0. The van der Waals surface area contributed by atoms with Gasteiger partial charge >= 0.3 is 0 Å². The maximum atomic E-state index is 12.6. The fourth-order valence-corrected chi connectivity index (χ4v) is 3.40. The molecule has 0 radical (unpaired) electrons. The number of aromatic amines is 1. The Kier molecular flexibility index (Phi) is 4.01. The molecule has 2 saturated heterocycles. The number of carbonyl (C=O) groups is 1. The van der Waals surface area contributed by atoms with Crippen molar-refractivity contribution >= 4 is 16.9 Å². The van der Waals surface area contributed by atoms with Crippen LogP contribution >= 0.6 is 0 Å². The van der Waals surface area contributed by atoms with E-state index in [9.17, 15) is 4.79 Å². The molecule has 2 atom stereocenters. The van der Waals surface area contributed by atoms with E-state index in [1.807, 2.05) is 29.2 Å². The molecule has 23 heavy (non-hydrogen) atoms. The molecule has 4 rings (SSSR count). The lowest BCUT2D eigenvalue weighted by Gasteiger charge is -2.35. The third kappa shape index (κ3) is 2.96. The third-order valence-corrected chi connectivity index (χ3v) is 4.62. The SMILES string of the molecule is O=C([C@@H]1COCCO1)N1CCC[C@H](c2nc3ccccc3[nH]2)C1. The van der Waals surface area contributed by atoms with Gasteiger partial charge in [-0.3, -0.25) is 4.79 Å². The molecule has 2 aliphatic heterocycles. The largest absolute Gasteiger partial charge is 0.376 e. The standard InChI is InChI=1S/C17H21N3O3/c21-17(15-11-22-8-9-23-15)20-7-3-4-12(10-20)16-18-13-5-1-2-6-14(13)19-16/h1-2,5-6,12,15H,3-4,7-11H2,(H,18,19)/t12-,15-/m0/s1. The lowest BCUT2D eigenvalue weighted by Crippen LogP contribution is -2.48. The minimum atomic E-state index is -0.446. The van der Waals surface area contributed by atoms with Gasteiger partial charge in [0, 0.05) is 19.0 Å². The number of benzene rings is 1. The summed E-state index contributed by atoms with van der Waals surface area (Å²) in [6.07, 6.45) is 1.59. The summed E-state index contributed by atoms with van der Waals surface area (Å²) in [4.78, 5) is 22.6. The molecule has 0 bridgehead atoms. The zero-order valence-corrected chi connectivity index (χ0v) is 13.0. The molecule has 0 unspecified atom stereocenters. The van der Waals surface area contributed by atoms with E-state index in [2.05, 4.69) is 4.98 Å². The predicted octanol–water partition coefficient (Wildman–Crippen LogP) is 1.68. The Balaban J connectivity index is 1.48. The summed E-state index contributed by atoms with van der Waals surface area (Å²) in [6, 6.07) is 8.03. The topological polar surface area (TPSA) is 67.5 Å². The van der Waals surface area contributed by atoms with Crippen molar-refractivity contribution in [3.63, 3.8) is 0 Å². The minimum Gasteiger partial charge on any atom is -0.376 e. The van der Waals surface area contributed by atoms with Crippen LogP contribution in [0.1, 0.15) is 24.6 Å². The Morgan fingerprint density at radius 3 is 3.04 bits per heavy atom. The molecular weight excluding hydrogens is 294 g/mol. The first kappa shape index (κ1) is 14.7. The number of carbonyl (C=O) groups excluding carboxylic acids is 1. The van der Waals surface area contributed by atoms with Gasteiger partial charge in [0.2, 0.25) is 0 Å². The maximum absolute atomic E-state index is 12.6. The number of H-pyrrole nitrogens is 1. The van der Waals surface area contributed by atoms with E-state index < -0.39 is 6.10 Å². The monoisotopic (exact) mass is 315 g/mol. The Morgan fingerprint density at radius 1 is 1.30 bits per heavy atom. The molecule has 1 amide bonds. The van der Waals surface area contributed by atoms with Crippen molar-refractivity contribution in [3.8, 4) is 0 Å². The van der Waals surface area contributed by atoms with Gasteiger partial charge in [-0.25, -0.2) is 4.98 Å². The van der Waals surface area contributed by atoms with Gasteiger partial charge in [0.25, 0.3) is 5.91 Å². The van der Waals surface area contributed by atoms with Crippen LogP contribution in [0, 0.1) is 0 Å². The van der Waals surface area contributed by atoms with Gasteiger partial charge < -0.3 is 19.4 Å². The van der Waals surface area contributed by atoms with Crippen molar-refractivity contribution in [2.75, 3.05) is 32.9 Å². The highest BCUT2D eigenvalue weighted by Crippen LogP contribution is 2.27. The summed E-state index contributed by atoms with van der Waals surface area (Å²) in [5.74, 6) is 1.28. The fraction of sp³-hybridized carbons (Fsp3) is 0.529. The van der Waals surface area contributed by atoms with Gasteiger partial charge in [0.15, 0.2) is 6.10 Å². The maximum Gasteiger partial charge on any atom is 0.254 e. The molecule has 122 valence electrons. The van der Waals surface area contributed by atoms with Gasteiger partial charge in [0.1, 0.15) is 5.82 Å². The second-order valence-electron chi connectivity index (χ2n) is 6.20. The van der Waals surface area contributed by atoms with E-state index >= 15 is 0 Å². The summed E-state index contributed by atoms with van der Waals surface area (Å²) in [5.41, 5.74) is 2.03.